The summed E-state index contributed by atoms with van der Waals surface area (Å²) in [5.74, 6) is 0.973. The average Bonchev–Trinajstić information content (AvgIpc) is 3.31. The molecule has 2 aromatic carbocycles. The van der Waals surface area contributed by atoms with E-state index >= 15 is 0 Å². The Hall–Kier alpha value is -2.30. The van der Waals surface area contributed by atoms with Crippen LogP contribution < -0.4 is 4.74 Å². The van der Waals surface area contributed by atoms with Crippen molar-refractivity contribution < 1.29 is 9.53 Å². The van der Waals surface area contributed by atoms with Crippen molar-refractivity contribution in [3.8, 4) is 5.75 Å². The summed E-state index contributed by atoms with van der Waals surface area (Å²) in [5, 5.41) is 0.860. The molecule has 2 aliphatic heterocycles. The molecule has 1 amide bonds. The summed E-state index contributed by atoms with van der Waals surface area (Å²) in [4.78, 5) is 16.8. The molecule has 2 aromatic rings. The first kappa shape index (κ1) is 21.0. The third kappa shape index (κ3) is 5.65. The summed E-state index contributed by atoms with van der Waals surface area (Å²) in [6.07, 6.45) is 6.42. The van der Waals surface area contributed by atoms with Crippen LogP contribution in [0.2, 0.25) is 0 Å². The van der Waals surface area contributed by atoms with E-state index in [4.69, 9.17) is 16.3 Å². The van der Waals surface area contributed by atoms with E-state index in [0.29, 0.717) is 0 Å². The van der Waals surface area contributed by atoms with Crippen molar-refractivity contribution in [2.24, 2.45) is 0 Å². The Morgan fingerprint density at radius 2 is 1.63 bits per heavy atom. The Kier molecular flexibility index (Phi) is 7.08. The number of nitrogens with zero attached hydrogens (tertiary/aromatic N) is 2. The lowest BCUT2D eigenvalue weighted by atomic mass is 10.1. The molecule has 0 spiro atoms. The largest absolute Gasteiger partial charge is 0.490 e. The second-order valence-electron chi connectivity index (χ2n) is 8.12. The number of likely N-dealkylation sites (tertiary alicyclic amines) is 2. The number of amides is 1. The van der Waals surface area contributed by atoms with Crippen LogP contribution in [0.1, 0.15) is 41.6 Å². The molecule has 4 rings (SSSR count). The summed E-state index contributed by atoms with van der Waals surface area (Å²) in [5.41, 5.74) is 1.88. The van der Waals surface area contributed by atoms with Crippen molar-refractivity contribution >= 4 is 23.6 Å². The quantitative estimate of drug-likeness (QED) is 0.650. The fourth-order valence-corrected chi connectivity index (χ4v) is 4.44. The summed E-state index contributed by atoms with van der Waals surface area (Å²) < 4.78 is 6.17. The van der Waals surface area contributed by atoms with Crippen molar-refractivity contribution in [2.75, 3.05) is 32.7 Å². The van der Waals surface area contributed by atoms with Crippen LogP contribution in [-0.4, -0.2) is 54.5 Å². The molecule has 4 nitrogen and oxygen atoms in total. The van der Waals surface area contributed by atoms with Crippen LogP contribution in [0.3, 0.4) is 0 Å². The number of halogens is 1. The molecule has 0 bridgehead atoms. The molecular formula is C25H29ClN2O2. The van der Waals surface area contributed by atoms with E-state index in [2.05, 4.69) is 17.0 Å². The van der Waals surface area contributed by atoms with E-state index in [-0.39, 0.29) is 12.0 Å². The van der Waals surface area contributed by atoms with E-state index in [1.165, 1.54) is 0 Å². The zero-order valence-corrected chi connectivity index (χ0v) is 18.1. The van der Waals surface area contributed by atoms with Crippen LogP contribution in [-0.2, 0) is 0 Å². The molecule has 2 heterocycles. The van der Waals surface area contributed by atoms with Gasteiger partial charge in [0.25, 0.3) is 5.91 Å². The van der Waals surface area contributed by atoms with Crippen LogP contribution in [0.25, 0.3) is 6.08 Å². The van der Waals surface area contributed by atoms with Crippen LogP contribution in [0.15, 0.2) is 59.6 Å². The highest BCUT2D eigenvalue weighted by Crippen LogP contribution is 2.22. The molecule has 0 saturated carbocycles. The fraction of sp³-hybridized carbons (Fsp3) is 0.400. The topological polar surface area (TPSA) is 32.8 Å². The number of ether oxygens (including phenoxy) is 1. The van der Waals surface area contributed by atoms with Gasteiger partial charge in [-0.2, -0.15) is 0 Å². The number of hydrogen-bond acceptors (Lipinski definition) is 3. The number of hydrogen-bond donors (Lipinski definition) is 0. The van der Waals surface area contributed by atoms with Gasteiger partial charge in [-0.15, -0.1) is 0 Å². The van der Waals surface area contributed by atoms with Crippen molar-refractivity contribution in [1.29, 1.82) is 0 Å². The van der Waals surface area contributed by atoms with Crippen molar-refractivity contribution in [1.82, 2.24) is 9.80 Å². The average molecular weight is 425 g/mol. The Bertz CT molecular complexity index is 852. The molecule has 0 radical (unpaired) electrons. The third-order valence-corrected chi connectivity index (χ3v) is 6.06. The minimum atomic E-state index is 0.132. The number of carbonyl (C=O) groups is 1. The highest BCUT2D eigenvalue weighted by Gasteiger charge is 2.22. The van der Waals surface area contributed by atoms with Crippen LogP contribution in [0.5, 0.6) is 5.75 Å². The Labute approximate surface area is 184 Å². The molecule has 0 unspecified atom stereocenters. The first-order chi connectivity index (χ1) is 14.7. The maximum atomic E-state index is 12.5. The molecule has 0 N–H and O–H groups in total. The summed E-state index contributed by atoms with van der Waals surface area (Å²) in [7, 11) is 0. The predicted molar refractivity (Wildman–Crippen MR) is 122 cm³/mol. The van der Waals surface area contributed by atoms with Gasteiger partial charge in [0.15, 0.2) is 0 Å². The van der Waals surface area contributed by atoms with Crippen LogP contribution >= 0.6 is 11.6 Å². The normalized spacial score (nSPS) is 18.6. The van der Waals surface area contributed by atoms with Gasteiger partial charge >= 0.3 is 0 Å². The molecule has 2 aliphatic rings. The molecular weight excluding hydrogens is 396 g/mol. The summed E-state index contributed by atoms with van der Waals surface area (Å²) in [6, 6.07) is 17.8. The van der Waals surface area contributed by atoms with Gasteiger partial charge in [0.2, 0.25) is 0 Å². The first-order valence-corrected chi connectivity index (χ1v) is 11.2. The first-order valence-electron chi connectivity index (χ1n) is 10.9. The predicted octanol–water partition coefficient (Wildman–Crippen LogP) is 5.05. The zero-order chi connectivity index (χ0) is 20.8. The van der Waals surface area contributed by atoms with Crippen molar-refractivity contribution in [3.05, 3.63) is 70.8 Å². The Morgan fingerprint density at radius 3 is 2.30 bits per heavy atom. The van der Waals surface area contributed by atoms with Gasteiger partial charge in [-0.25, -0.2) is 0 Å². The van der Waals surface area contributed by atoms with Crippen molar-refractivity contribution in [3.63, 3.8) is 0 Å². The summed E-state index contributed by atoms with van der Waals surface area (Å²) in [6.45, 7) is 4.46. The van der Waals surface area contributed by atoms with E-state index in [9.17, 15) is 4.79 Å². The molecule has 158 valence electrons. The van der Waals surface area contributed by atoms with Gasteiger partial charge in [0.05, 0.1) is 0 Å². The maximum Gasteiger partial charge on any atom is 0.253 e. The minimum Gasteiger partial charge on any atom is -0.490 e. The third-order valence-electron chi connectivity index (χ3n) is 5.83. The molecule has 0 aromatic heterocycles. The highest BCUT2D eigenvalue weighted by molar-refractivity contribution is 6.31. The molecule has 2 saturated heterocycles. The number of rotatable bonds is 6. The van der Waals surface area contributed by atoms with Gasteiger partial charge < -0.3 is 9.64 Å². The maximum absolute atomic E-state index is 12.5. The van der Waals surface area contributed by atoms with E-state index in [1.807, 2.05) is 53.4 Å². The van der Waals surface area contributed by atoms with E-state index < -0.39 is 0 Å². The van der Waals surface area contributed by atoms with E-state index in [0.717, 1.165) is 80.3 Å². The zero-order valence-electron chi connectivity index (χ0n) is 17.3. The standard InChI is InChI=1S/C25H29ClN2O2/c26-22(18-20-6-2-1-3-7-20)19-27-16-12-24(13-17-27)30-23-10-8-21(9-11-23)25(29)28-14-4-5-15-28/h1-3,6-11,18,24H,4-5,12-17,19H2. The van der Waals surface area contributed by atoms with Crippen molar-refractivity contribution in [2.45, 2.75) is 31.8 Å². The number of carbonyl (C=O) groups excluding carboxylic acids is 1. The molecule has 5 heteroatoms. The Morgan fingerprint density at radius 1 is 0.967 bits per heavy atom. The van der Waals surface area contributed by atoms with Gasteiger partial charge in [-0.3, -0.25) is 9.69 Å². The van der Waals surface area contributed by atoms with Gasteiger partial charge in [-0.1, -0.05) is 41.9 Å². The Balaban J connectivity index is 1.23. The monoisotopic (exact) mass is 424 g/mol. The molecule has 0 aliphatic carbocycles. The number of piperidine rings is 1. The van der Waals surface area contributed by atoms with E-state index in [1.54, 1.807) is 0 Å². The molecule has 0 atom stereocenters. The lowest BCUT2D eigenvalue weighted by Gasteiger charge is -2.32. The van der Waals surface area contributed by atoms with Gasteiger partial charge in [0, 0.05) is 43.3 Å². The molecule has 30 heavy (non-hydrogen) atoms. The van der Waals surface area contributed by atoms with Crippen LogP contribution in [0.4, 0.5) is 0 Å². The van der Waals surface area contributed by atoms with Crippen LogP contribution in [0, 0.1) is 0 Å². The lowest BCUT2D eigenvalue weighted by molar-refractivity contribution is 0.0792. The SMILES string of the molecule is O=C(c1ccc(OC2CCN(CC(Cl)=Cc3ccccc3)CC2)cc1)N1CCCC1. The smallest absolute Gasteiger partial charge is 0.253 e. The lowest BCUT2D eigenvalue weighted by Crippen LogP contribution is -2.38. The second kappa shape index (κ2) is 10.1. The highest BCUT2D eigenvalue weighted by atomic mass is 35.5. The molecule has 2 fully saturated rings. The number of benzene rings is 2. The minimum absolute atomic E-state index is 0.132. The van der Waals surface area contributed by atoms with Gasteiger partial charge in [-0.05, 0) is 61.6 Å². The van der Waals surface area contributed by atoms with Gasteiger partial charge in [0.1, 0.15) is 11.9 Å². The second-order valence-corrected chi connectivity index (χ2v) is 8.60. The fourth-order valence-electron chi connectivity index (χ4n) is 4.15. The summed E-state index contributed by atoms with van der Waals surface area (Å²) >= 11 is 6.46.